The molecule has 0 aromatic carbocycles. The van der Waals surface area contributed by atoms with Gasteiger partial charge in [-0.25, -0.2) is 0 Å². The molecule has 3 aliphatic carbocycles. The Morgan fingerprint density at radius 3 is 2.74 bits per heavy atom. The van der Waals surface area contributed by atoms with Crippen molar-refractivity contribution in [3.8, 4) is 0 Å². The number of rotatable bonds is 1. The first-order valence-corrected chi connectivity index (χ1v) is 8.98. The highest BCUT2D eigenvalue weighted by Gasteiger charge is 2.69. The van der Waals surface area contributed by atoms with E-state index in [0.29, 0.717) is 12.3 Å². The number of carbonyl (C=O) groups is 1. The number of ether oxygens (including phenoxy) is 1. The van der Waals surface area contributed by atoms with E-state index in [1.165, 1.54) is 5.57 Å². The van der Waals surface area contributed by atoms with Gasteiger partial charge in [-0.15, -0.1) is 6.58 Å². The molecule has 0 aromatic heterocycles. The molecular formula is C20H28O3. The summed E-state index contributed by atoms with van der Waals surface area (Å²) in [6, 6.07) is 0. The van der Waals surface area contributed by atoms with E-state index in [1.807, 2.05) is 6.92 Å². The van der Waals surface area contributed by atoms with E-state index in [2.05, 4.69) is 32.6 Å². The van der Waals surface area contributed by atoms with Gasteiger partial charge in [0, 0.05) is 5.92 Å². The Morgan fingerprint density at radius 1 is 1.30 bits per heavy atom. The van der Waals surface area contributed by atoms with Crippen LogP contribution in [0.4, 0.5) is 0 Å². The molecule has 0 aromatic rings. The van der Waals surface area contributed by atoms with E-state index in [-0.39, 0.29) is 28.8 Å². The molecule has 7 atom stereocenters. The molecule has 0 amide bonds. The lowest BCUT2D eigenvalue weighted by atomic mass is 9.45. The number of hydrogen-bond donors (Lipinski definition) is 1. The van der Waals surface area contributed by atoms with Crippen LogP contribution >= 0.6 is 0 Å². The van der Waals surface area contributed by atoms with Crippen LogP contribution in [0.15, 0.2) is 24.3 Å². The zero-order valence-electron chi connectivity index (χ0n) is 14.5. The van der Waals surface area contributed by atoms with Crippen LogP contribution in [0, 0.1) is 28.1 Å². The third-order valence-electron chi connectivity index (χ3n) is 7.74. The second-order valence-corrected chi connectivity index (χ2v) is 9.06. The highest BCUT2D eigenvalue weighted by Crippen LogP contribution is 2.66. The average Bonchev–Trinajstić information content (AvgIpc) is 2.77. The summed E-state index contributed by atoms with van der Waals surface area (Å²) >= 11 is 0. The van der Waals surface area contributed by atoms with Crippen molar-refractivity contribution in [2.75, 3.05) is 0 Å². The number of esters is 1. The summed E-state index contributed by atoms with van der Waals surface area (Å²) in [5.41, 5.74) is 0.929. The second kappa shape index (κ2) is 4.50. The molecule has 4 aliphatic rings. The van der Waals surface area contributed by atoms with E-state index < -0.39 is 11.5 Å². The maximum absolute atomic E-state index is 12.6. The van der Waals surface area contributed by atoms with Gasteiger partial charge in [0.15, 0.2) is 0 Å². The van der Waals surface area contributed by atoms with Gasteiger partial charge < -0.3 is 9.84 Å². The highest BCUT2D eigenvalue weighted by molar-refractivity contribution is 5.81. The van der Waals surface area contributed by atoms with Crippen LogP contribution in [0.3, 0.4) is 0 Å². The molecule has 0 bridgehead atoms. The maximum atomic E-state index is 12.6. The quantitative estimate of drug-likeness (QED) is 0.593. The number of aliphatic hydroxyl groups is 1. The molecule has 1 saturated heterocycles. The molecule has 1 N–H and O–H groups in total. The van der Waals surface area contributed by atoms with Gasteiger partial charge in [-0.3, -0.25) is 4.79 Å². The summed E-state index contributed by atoms with van der Waals surface area (Å²) in [4.78, 5) is 12.6. The van der Waals surface area contributed by atoms with Crippen molar-refractivity contribution in [2.24, 2.45) is 28.1 Å². The Labute approximate surface area is 138 Å². The molecular weight excluding hydrogens is 288 g/mol. The summed E-state index contributed by atoms with van der Waals surface area (Å²) in [7, 11) is 0. The first-order valence-electron chi connectivity index (χ1n) is 8.98. The van der Waals surface area contributed by atoms with E-state index in [0.717, 1.165) is 25.7 Å². The van der Waals surface area contributed by atoms with Gasteiger partial charge in [0.2, 0.25) is 0 Å². The fourth-order valence-corrected chi connectivity index (χ4v) is 6.27. The van der Waals surface area contributed by atoms with Crippen molar-refractivity contribution in [3.63, 3.8) is 0 Å². The van der Waals surface area contributed by atoms with Crippen LogP contribution in [0.1, 0.15) is 52.9 Å². The minimum atomic E-state index is -0.737. The Kier molecular flexibility index (Phi) is 3.02. The summed E-state index contributed by atoms with van der Waals surface area (Å²) in [6.07, 6.45) is 8.58. The maximum Gasteiger partial charge on any atom is 0.315 e. The first kappa shape index (κ1) is 15.4. The number of aliphatic hydroxyl groups excluding tert-OH is 1. The molecule has 3 fully saturated rings. The van der Waals surface area contributed by atoms with Gasteiger partial charge in [-0.2, -0.15) is 0 Å². The Hall–Kier alpha value is -1.09. The Balaban J connectivity index is 1.81. The smallest absolute Gasteiger partial charge is 0.315 e. The summed E-state index contributed by atoms with van der Waals surface area (Å²) in [5, 5.41) is 10.6. The van der Waals surface area contributed by atoms with Crippen LogP contribution in [0.25, 0.3) is 0 Å². The third kappa shape index (κ3) is 1.77. The number of allylic oxidation sites excluding steroid dienone is 2. The van der Waals surface area contributed by atoms with E-state index in [1.54, 1.807) is 0 Å². The summed E-state index contributed by atoms with van der Waals surface area (Å²) < 4.78 is 5.77. The van der Waals surface area contributed by atoms with Gasteiger partial charge in [0.05, 0.1) is 11.5 Å². The lowest BCUT2D eigenvalue weighted by Crippen LogP contribution is -2.58. The van der Waals surface area contributed by atoms with Gasteiger partial charge in [-0.05, 0) is 61.9 Å². The first-order chi connectivity index (χ1) is 10.7. The SMILES string of the molecule is C=C[C@]1(C)CC[C@@H]2C(=C[C@H]3OC(=O)[C@]4(C)[C@H]3[C@]2(C)CC[C@@H]4O)C1. The summed E-state index contributed by atoms with van der Waals surface area (Å²) in [6.45, 7) is 10.6. The average molecular weight is 316 g/mol. The fourth-order valence-electron chi connectivity index (χ4n) is 6.27. The predicted molar refractivity (Wildman–Crippen MR) is 88.6 cm³/mol. The minimum Gasteiger partial charge on any atom is -0.457 e. The van der Waals surface area contributed by atoms with Crippen molar-refractivity contribution < 1.29 is 14.6 Å². The summed E-state index contributed by atoms with van der Waals surface area (Å²) in [5.74, 6) is 0.416. The molecule has 3 heteroatoms. The minimum absolute atomic E-state index is 0.0530. The van der Waals surface area contributed by atoms with E-state index in [9.17, 15) is 9.90 Å². The lowest BCUT2D eigenvalue weighted by molar-refractivity contribution is -0.158. The zero-order chi connectivity index (χ0) is 16.6. The van der Waals surface area contributed by atoms with Crippen molar-refractivity contribution in [2.45, 2.75) is 65.1 Å². The number of hydrogen-bond acceptors (Lipinski definition) is 3. The monoisotopic (exact) mass is 316 g/mol. The molecule has 3 nitrogen and oxygen atoms in total. The van der Waals surface area contributed by atoms with Gasteiger partial charge in [0.1, 0.15) is 6.10 Å². The van der Waals surface area contributed by atoms with Crippen LogP contribution in [-0.2, 0) is 9.53 Å². The molecule has 23 heavy (non-hydrogen) atoms. The van der Waals surface area contributed by atoms with Crippen molar-refractivity contribution >= 4 is 5.97 Å². The van der Waals surface area contributed by atoms with Crippen LogP contribution in [0.2, 0.25) is 0 Å². The van der Waals surface area contributed by atoms with Crippen molar-refractivity contribution in [1.29, 1.82) is 0 Å². The molecule has 2 saturated carbocycles. The molecule has 0 spiro atoms. The molecule has 0 radical (unpaired) electrons. The van der Waals surface area contributed by atoms with E-state index >= 15 is 0 Å². The molecule has 1 aliphatic heterocycles. The van der Waals surface area contributed by atoms with Crippen LogP contribution < -0.4 is 0 Å². The topological polar surface area (TPSA) is 46.5 Å². The van der Waals surface area contributed by atoms with Crippen LogP contribution in [0.5, 0.6) is 0 Å². The molecule has 0 unspecified atom stereocenters. The standard InChI is InChI=1S/C20H28O3/c1-5-18(2)8-6-13-12(11-18)10-14-16-19(13,3)9-7-15(21)20(16,4)17(22)23-14/h5,10,13-16,21H,1,6-9,11H2,2-4H3/t13-,14-,15+,16-,18-,19-,20+/m1/s1. The van der Waals surface area contributed by atoms with Crippen LogP contribution in [-0.4, -0.2) is 23.3 Å². The Morgan fingerprint density at radius 2 is 2.04 bits per heavy atom. The van der Waals surface area contributed by atoms with Crippen molar-refractivity contribution in [1.82, 2.24) is 0 Å². The third-order valence-corrected chi connectivity index (χ3v) is 7.74. The normalized spacial score (nSPS) is 54.6. The zero-order valence-corrected chi connectivity index (χ0v) is 14.5. The predicted octanol–water partition coefficient (Wildman–Crippen LogP) is 3.63. The van der Waals surface area contributed by atoms with Gasteiger partial charge >= 0.3 is 5.97 Å². The molecule has 4 rings (SSSR count). The number of carbonyl (C=O) groups excluding carboxylic acids is 1. The largest absolute Gasteiger partial charge is 0.457 e. The highest BCUT2D eigenvalue weighted by atomic mass is 16.6. The second-order valence-electron chi connectivity index (χ2n) is 9.06. The Bertz CT molecular complexity index is 608. The fraction of sp³-hybridized carbons (Fsp3) is 0.750. The van der Waals surface area contributed by atoms with Crippen molar-refractivity contribution in [3.05, 3.63) is 24.3 Å². The number of fused-ring (bicyclic) bond motifs is 2. The van der Waals surface area contributed by atoms with Gasteiger partial charge in [-0.1, -0.05) is 25.5 Å². The van der Waals surface area contributed by atoms with Gasteiger partial charge in [0.25, 0.3) is 0 Å². The van der Waals surface area contributed by atoms with E-state index in [4.69, 9.17) is 4.74 Å². The molecule has 126 valence electrons. The molecule has 1 heterocycles. The lowest BCUT2D eigenvalue weighted by Gasteiger charge is -2.58.